The Bertz CT molecular complexity index is 485. The topological polar surface area (TPSA) is 99.5 Å². The predicted molar refractivity (Wildman–Crippen MR) is 68.8 cm³/mol. The van der Waals surface area contributed by atoms with Crippen molar-refractivity contribution in [2.75, 3.05) is 26.2 Å². The summed E-state index contributed by atoms with van der Waals surface area (Å²) in [5.74, 6) is -3.56. The molecule has 4 unspecified atom stereocenters. The maximum absolute atomic E-state index is 11.8. The van der Waals surface area contributed by atoms with Gasteiger partial charge in [-0.15, -0.1) is 0 Å². The van der Waals surface area contributed by atoms with E-state index in [9.17, 15) is 19.8 Å². The van der Waals surface area contributed by atoms with Crippen LogP contribution in [-0.4, -0.2) is 81.8 Å². The van der Waals surface area contributed by atoms with Crippen molar-refractivity contribution in [2.45, 2.75) is 44.1 Å². The molecule has 0 aromatic carbocycles. The second-order valence-corrected chi connectivity index (χ2v) is 5.93. The molecule has 2 amide bonds. The monoisotopic (exact) mass is 300 g/mol. The normalized spacial score (nSPS) is 41.9. The van der Waals surface area contributed by atoms with E-state index in [1.807, 2.05) is 0 Å². The zero-order chi connectivity index (χ0) is 15.4. The van der Waals surface area contributed by atoms with Crippen molar-refractivity contribution < 1.29 is 29.3 Å². The number of hydrogen-bond acceptors (Lipinski definition) is 6. The lowest BCUT2D eigenvalue weighted by Crippen LogP contribution is -2.63. The Morgan fingerprint density at radius 2 is 1.57 bits per heavy atom. The Labute approximate surface area is 122 Å². The molecule has 3 saturated heterocycles. The zero-order valence-electron chi connectivity index (χ0n) is 12.1. The van der Waals surface area contributed by atoms with Gasteiger partial charge in [-0.25, -0.2) is 0 Å². The molecule has 3 heterocycles. The van der Waals surface area contributed by atoms with Crippen LogP contribution in [0.4, 0.5) is 0 Å². The van der Waals surface area contributed by atoms with Crippen LogP contribution < -0.4 is 0 Å². The van der Waals surface area contributed by atoms with Crippen LogP contribution in [0.25, 0.3) is 0 Å². The van der Waals surface area contributed by atoms with Gasteiger partial charge < -0.3 is 29.5 Å². The highest BCUT2D eigenvalue weighted by molar-refractivity contribution is 5.76. The first-order valence-electron chi connectivity index (χ1n) is 7.11. The number of carbonyl (C=O) groups excluding carboxylic acids is 2. The molecule has 0 aliphatic carbocycles. The number of fused-ring (bicyclic) bond motifs is 2. The predicted octanol–water partition coefficient (Wildman–Crippen LogP) is -1.74. The van der Waals surface area contributed by atoms with Gasteiger partial charge in [-0.2, -0.15) is 0 Å². The molecule has 21 heavy (non-hydrogen) atoms. The van der Waals surface area contributed by atoms with Crippen molar-refractivity contribution >= 4 is 11.8 Å². The summed E-state index contributed by atoms with van der Waals surface area (Å²) in [6, 6.07) is 0. The Morgan fingerprint density at radius 3 is 2.05 bits per heavy atom. The molecule has 8 nitrogen and oxygen atoms in total. The molecular formula is C13H20N2O6. The first kappa shape index (κ1) is 14.7. The summed E-state index contributed by atoms with van der Waals surface area (Å²) in [7, 11) is 0. The van der Waals surface area contributed by atoms with E-state index in [1.165, 1.54) is 16.7 Å². The molecule has 3 rings (SSSR count). The van der Waals surface area contributed by atoms with E-state index in [-0.39, 0.29) is 38.0 Å². The molecule has 118 valence electrons. The first-order chi connectivity index (χ1) is 9.77. The average Bonchev–Trinajstić information content (AvgIpc) is 2.90. The maximum atomic E-state index is 11.8. The molecular weight excluding hydrogens is 280 g/mol. The van der Waals surface area contributed by atoms with Crippen LogP contribution in [0.2, 0.25) is 0 Å². The number of carbonyl (C=O) groups is 2. The van der Waals surface area contributed by atoms with Gasteiger partial charge in [0, 0.05) is 13.3 Å². The number of β-amino-alcohol motifs (C(OH)–C–C–N with tert-alkyl or cyclic N) is 2. The highest BCUT2D eigenvalue weighted by Gasteiger charge is 2.63. The standard InChI is InChI=1S/C13H20N2O6/c1-3-11(17)15-5-10-13(19,7-15)20-9-4-14(8(2)16)6-12(9,18)21-10/h9-10,18-19H,3-7H2,1-2H3. The Balaban J connectivity index is 1.78. The number of likely N-dealkylation sites (tertiary alicyclic amines) is 2. The van der Waals surface area contributed by atoms with E-state index in [0.717, 1.165) is 0 Å². The van der Waals surface area contributed by atoms with Crippen LogP contribution in [0, 0.1) is 0 Å². The molecule has 2 N–H and O–H groups in total. The van der Waals surface area contributed by atoms with Crippen molar-refractivity contribution in [1.82, 2.24) is 9.80 Å². The van der Waals surface area contributed by atoms with Gasteiger partial charge in [-0.05, 0) is 0 Å². The fourth-order valence-corrected chi connectivity index (χ4v) is 3.20. The van der Waals surface area contributed by atoms with Gasteiger partial charge >= 0.3 is 0 Å². The third kappa shape index (κ3) is 2.22. The van der Waals surface area contributed by atoms with Gasteiger partial charge in [0.25, 0.3) is 0 Å². The van der Waals surface area contributed by atoms with Crippen LogP contribution in [0.3, 0.4) is 0 Å². The number of ether oxygens (including phenoxy) is 2. The van der Waals surface area contributed by atoms with Gasteiger partial charge in [-0.1, -0.05) is 6.92 Å². The molecule has 0 aromatic heterocycles. The van der Waals surface area contributed by atoms with Gasteiger partial charge in [0.15, 0.2) is 0 Å². The van der Waals surface area contributed by atoms with E-state index < -0.39 is 23.8 Å². The highest BCUT2D eigenvalue weighted by Crippen LogP contribution is 2.41. The van der Waals surface area contributed by atoms with E-state index in [2.05, 4.69) is 0 Å². The van der Waals surface area contributed by atoms with Crippen molar-refractivity contribution in [1.29, 1.82) is 0 Å². The van der Waals surface area contributed by atoms with Crippen molar-refractivity contribution in [3.8, 4) is 0 Å². The van der Waals surface area contributed by atoms with Gasteiger partial charge in [0.05, 0.1) is 26.2 Å². The van der Waals surface area contributed by atoms with E-state index in [0.29, 0.717) is 6.42 Å². The quantitative estimate of drug-likeness (QED) is 0.596. The SMILES string of the molecule is CCC(=O)N1CC2OC3(O)CN(C(C)=O)CC3OC2(O)C1. The summed E-state index contributed by atoms with van der Waals surface area (Å²) in [5.41, 5.74) is 0. The Morgan fingerprint density at radius 1 is 1.10 bits per heavy atom. The van der Waals surface area contributed by atoms with E-state index in [1.54, 1.807) is 6.92 Å². The number of aliphatic hydroxyl groups is 2. The van der Waals surface area contributed by atoms with Crippen molar-refractivity contribution in [3.05, 3.63) is 0 Å². The fraction of sp³-hybridized carbons (Fsp3) is 0.846. The molecule has 4 atom stereocenters. The van der Waals surface area contributed by atoms with Crippen LogP contribution in [0.5, 0.6) is 0 Å². The highest BCUT2D eigenvalue weighted by atomic mass is 16.7. The maximum Gasteiger partial charge on any atom is 0.222 e. The van der Waals surface area contributed by atoms with Crippen LogP contribution >= 0.6 is 0 Å². The summed E-state index contributed by atoms with van der Waals surface area (Å²) in [6.45, 7) is 3.47. The summed E-state index contributed by atoms with van der Waals surface area (Å²) in [5, 5.41) is 21.1. The Kier molecular flexibility index (Phi) is 3.25. The Hall–Kier alpha value is -1.22. The minimum Gasteiger partial charge on any atom is -0.362 e. The smallest absolute Gasteiger partial charge is 0.222 e. The summed E-state index contributed by atoms with van der Waals surface area (Å²) >= 11 is 0. The number of hydrogen-bond donors (Lipinski definition) is 2. The van der Waals surface area contributed by atoms with Crippen LogP contribution in [-0.2, 0) is 19.1 Å². The lowest BCUT2D eigenvalue weighted by molar-refractivity contribution is -0.396. The second kappa shape index (κ2) is 4.64. The minimum absolute atomic E-state index is 0.00129. The van der Waals surface area contributed by atoms with Crippen LogP contribution in [0.1, 0.15) is 20.3 Å². The number of amides is 2. The van der Waals surface area contributed by atoms with Gasteiger partial charge in [0.1, 0.15) is 12.2 Å². The van der Waals surface area contributed by atoms with Crippen molar-refractivity contribution in [3.63, 3.8) is 0 Å². The molecule has 3 aliphatic heterocycles. The summed E-state index contributed by atoms with van der Waals surface area (Å²) < 4.78 is 11.2. The van der Waals surface area contributed by atoms with Gasteiger partial charge in [0.2, 0.25) is 23.4 Å². The molecule has 3 fully saturated rings. The molecule has 8 heteroatoms. The van der Waals surface area contributed by atoms with E-state index >= 15 is 0 Å². The third-order valence-electron chi connectivity index (χ3n) is 4.41. The third-order valence-corrected chi connectivity index (χ3v) is 4.41. The molecule has 0 aromatic rings. The van der Waals surface area contributed by atoms with Gasteiger partial charge in [-0.3, -0.25) is 9.59 Å². The summed E-state index contributed by atoms with van der Waals surface area (Å²) in [4.78, 5) is 26.1. The largest absolute Gasteiger partial charge is 0.362 e. The molecule has 0 bridgehead atoms. The van der Waals surface area contributed by atoms with E-state index in [4.69, 9.17) is 9.47 Å². The number of rotatable bonds is 1. The molecule has 0 radical (unpaired) electrons. The second-order valence-electron chi connectivity index (χ2n) is 5.93. The fourth-order valence-electron chi connectivity index (χ4n) is 3.20. The lowest BCUT2D eigenvalue weighted by Gasteiger charge is -2.43. The first-order valence-corrected chi connectivity index (χ1v) is 7.11. The minimum atomic E-state index is -1.63. The summed E-state index contributed by atoms with van der Waals surface area (Å²) in [6.07, 6.45) is -1.31. The number of nitrogens with zero attached hydrogens (tertiary/aromatic N) is 2. The molecule has 0 spiro atoms. The molecule has 0 saturated carbocycles. The molecule has 3 aliphatic rings. The van der Waals surface area contributed by atoms with Crippen LogP contribution in [0.15, 0.2) is 0 Å². The average molecular weight is 300 g/mol. The zero-order valence-corrected chi connectivity index (χ0v) is 12.1. The lowest BCUT2D eigenvalue weighted by atomic mass is 10.1. The van der Waals surface area contributed by atoms with Crippen molar-refractivity contribution in [2.24, 2.45) is 0 Å².